The maximum atomic E-state index is 11.8. The average molecular weight is 380 g/mol. The van der Waals surface area contributed by atoms with Crippen LogP contribution in [-0.2, 0) is 19.1 Å². The van der Waals surface area contributed by atoms with E-state index in [0.717, 1.165) is 32.1 Å². The van der Waals surface area contributed by atoms with E-state index in [9.17, 15) is 14.4 Å². The molecule has 2 heterocycles. The van der Waals surface area contributed by atoms with Gasteiger partial charge in [0.1, 0.15) is 0 Å². The molecule has 2 amide bonds. The van der Waals surface area contributed by atoms with E-state index in [2.05, 4.69) is 22.8 Å². The first-order chi connectivity index (χ1) is 13.0. The van der Waals surface area contributed by atoms with Gasteiger partial charge in [0, 0.05) is 19.4 Å². The van der Waals surface area contributed by atoms with E-state index in [-0.39, 0.29) is 30.9 Å². The maximum absolute atomic E-state index is 11.8. The number of rotatable bonds is 12. The first kappa shape index (κ1) is 21.4. The number of carbonyl (C=O) groups excluding carboxylic acids is 2. The number of aliphatic carboxylic acids is 1. The Labute approximate surface area is 160 Å². The Balaban J connectivity index is 1.69. The highest BCUT2D eigenvalue weighted by atomic mass is 16.5. The number of unbranched alkanes of at least 4 members (excludes halogenated alkanes) is 1. The van der Waals surface area contributed by atoms with Crippen molar-refractivity contribution in [3.05, 3.63) is 12.2 Å². The van der Waals surface area contributed by atoms with Crippen LogP contribution in [0.1, 0.15) is 58.3 Å². The van der Waals surface area contributed by atoms with Gasteiger partial charge in [-0.25, -0.2) is 0 Å². The lowest BCUT2D eigenvalue weighted by atomic mass is 9.76. The highest BCUT2D eigenvalue weighted by Gasteiger charge is 2.47. The molecule has 2 fully saturated rings. The van der Waals surface area contributed by atoms with Crippen molar-refractivity contribution in [3.8, 4) is 0 Å². The summed E-state index contributed by atoms with van der Waals surface area (Å²) in [7, 11) is 0. The molecule has 3 N–H and O–H groups in total. The number of carbonyl (C=O) groups is 3. The van der Waals surface area contributed by atoms with E-state index in [1.54, 1.807) is 6.92 Å². The van der Waals surface area contributed by atoms with Gasteiger partial charge in [-0.1, -0.05) is 19.1 Å². The van der Waals surface area contributed by atoms with Crippen molar-refractivity contribution in [1.82, 2.24) is 10.6 Å². The monoisotopic (exact) mass is 380 g/mol. The Kier molecular flexibility index (Phi) is 8.78. The van der Waals surface area contributed by atoms with E-state index in [1.165, 1.54) is 0 Å². The predicted molar refractivity (Wildman–Crippen MR) is 101 cm³/mol. The molecule has 2 aliphatic rings. The van der Waals surface area contributed by atoms with Crippen LogP contribution in [0, 0.1) is 11.8 Å². The van der Waals surface area contributed by atoms with Crippen molar-refractivity contribution in [2.45, 2.75) is 70.5 Å². The number of allylic oxidation sites excluding steroid dienone is 2. The van der Waals surface area contributed by atoms with Crippen molar-refractivity contribution >= 4 is 17.8 Å². The van der Waals surface area contributed by atoms with Gasteiger partial charge in [-0.05, 0) is 50.4 Å². The number of carboxylic acid groups (broad SMARTS) is 1. The summed E-state index contributed by atoms with van der Waals surface area (Å²) in [6.45, 7) is 2.38. The molecule has 0 aliphatic carbocycles. The van der Waals surface area contributed by atoms with Gasteiger partial charge in [-0.2, -0.15) is 0 Å². The van der Waals surface area contributed by atoms with Crippen molar-refractivity contribution in [2.75, 3.05) is 13.1 Å². The molecule has 0 radical (unpaired) electrons. The van der Waals surface area contributed by atoms with Crippen LogP contribution in [0.2, 0.25) is 0 Å². The van der Waals surface area contributed by atoms with E-state index < -0.39 is 5.97 Å². The highest BCUT2D eigenvalue weighted by Crippen LogP contribution is 2.46. The minimum absolute atomic E-state index is 0.0302. The Hall–Kier alpha value is -1.89. The number of fused-ring (bicyclic) bond motifs is 2. The zero-order chi connectivity index (χ0) is 19.6. The third-order valence-electron chi connectivity index (χ3n) is 5.49. The SMILES string of the molecule is CCC(=O)NCC(=O)NCC[C@H]1[C@@H](C/C=C\CCCC(=O)O)[C@H]2CC[C@@H]1O2. The molecule has 2 aliphatic heterocycles. The van der Waals surface area contributed by atoms with Crippen molar-refractivity contribution < 1.29 is 24.2 Å². The lowest BCUT2D eigenvalue weighted by Crippen LogP contribution is -2.38. The third-order valence-corrected chi connectivity index (χ3v) is 5.49. The lowest BCUT2D eigenvalue weighted by Gasteiger charge is -2.27. The van der Waals surface area contributed by atoms with Crippen molar-refractivity contribution in [2.24, 2.45) is 11.8 Å². The number of amides is 2. The quantitative estimate of drug-likeness (QED) is 0.355. The van der Waals surface area contributed by atoms with E-state index >= 15 is 0 Å². The maximum Gasteiger partial charge on any atom is 0.303 e. The fourth-order valence-corrected chi connectivity index (χ4v) is 4.08. The molecular formula is C20H32N2O5. The summed E-state index contributed by atoms with van der Waals surface area (Å²) in [5.74, 6) is -0.118. The zero-order valence-electron chi connectivity index (χ0n) is 16.1. The van der Waals surface area contributed by atoms with Crippen LogP contribution in [0.3, 0.4) is 0 Å². The van der Waals surface area contributed by atoms with Crippen LogP contribution in [0.15, 0.2) is 12.2 Å². The summed E-state index contributed by atoms with van der Waals surface area (Å²) in [4.78, 5) is 33.5. The van der Waals surface area contributed by atoms with E-state index in [4.69, 9.17) is 9.84 Å². The molecule has 0 aromatic heterocycles. The van der Waals surface area contributed by atoms with Crippen LogP contribution >= 0.6 is 0 Å². The van der Waals surface area contributed by atoms with Crippen molar-refractivity contribution in [3.63, 3.8) is 0 Å². The molecule has 2 saturated heterocycles. The van der Waals surface area contributed by atoms with Crippen LogP contribution < -0.4 is 10.6 Å². The molecular weight excluding hydrogens is 348 g/mol. The van der Waals surface area contributed by atoms with Gasteiger partial charge in [-0.15, -0.1) is 0 Å². The minimum atomic E-state index is -0.749. The Morgan fingerprint density at radius 1 is 1.07 bits per heavy atom. The summed E-state index contributed by atoms with van der Waals surface area (Å²) in [5, 5.41) is 14.1. The number of nitrogens with one attached hydrogen (secondary N) is 2. The van der Waals surface area contributed by atoms with Gasteiger partial charge in [0.05, 0.1) is 18.8 Å². The molecule has 0 unspecified atom stereocenters. The molecule has 0 aromatic rings. The van der Waals surface area contributed by atoms with Crippen LogP contribution in [0.5, 0.6) is 0 Å². The summed E-state index contributed by atoms with van der Waals surface area (Å²) in [6.07, 6.45) is 10.9. The molecule has 27 heavy (non-hydrogen) atoms. The molecule has 4 atom stereocenters. The average Bonchev–Trinajstić information content (AvgIpc) is 3.24. The summed E-state index contributed by atoms with van der Waals surface area (Å²) < 4.78 is 6.08. The summed E-state index contributed by atoms with van der Waals surface area (Å²) in [5.41, 5.74) is 0. The van der Waals surface area contributed by atoms with Gasteiger partial charge in [0.15, 0.2) is 0 Å². The Bertz CT molecular complexity index is 548. The number of carboxylic acids is 1. The number of hydrogen-bond acceptors (Lipinski definition) is 4. The minimum Gasteiger partial charge on any atom is -0.481 e. The lowest BCUT2D eigenvalue weighted by molar-refractivity contribution is -0.137. The molecule has 7 nitrogen and oxygen atoms in total. The predicted octanol–water partition coefficient (Wildman–Crippen LogP) is 2.01. The zero-order valence-corrected chi connectivity index (χ0v) is 16.1. The summed E-state index contributed by atoms with van der Waals surface area (Å²) >= 11 is 0. The molecule has 7 heteroatoms. The van der Waals surface area contributed by atoms with E-state index in [0.29, 0.717) is 37.3 Å². The van der Waals surface area contributed by atoms with Crippen LogP contribution in [0.25, 0.3) is 0 Å². The molecule has 152 valence electrons. The van der Waals surface area contributed by atoms with E-state index in [1.807, 2.05) is 0 Å². The highest BCUT2D eigenvalue weighted by molar-refractivity contribution is 5.84. The number of hydrogen-bond donors (Lipinski definition) is 3. The second kappa shape index (κ2) is 11.1. The van der Waals surface area contributed by atoms with Gasteiger partial charge in [-0.3, -0.25) is 14.4 Å². The second-order valence-electron chi connectivity index (χ2n) is 7.38. The van der Waals surface area contributed by atoms with Gasteiger partial charge in [0.25, 0.3) is 0 Å². The smallest absolute Gasteiger partial charge is 0.303 e. The van der Waals surface area contributed by atoms with Crippen molar-refractivity contribution in [1.29, 1.82) is 0 Å². The molecule has 0 aromatic carbocycles. The topological polar surface area (TPSA) is 105 Å². The number of ether oxygens (including phenoxy) is 1. The molecule has 2 bridgehead atoms. The molecule has 2 rings (SSSR count). The van der Waals surface area contributed by atoms with Gasteiger partial charge >= 0.3 is 5.97 Å². The largest absolute Gasteiger partial charge is 0.481 e. The first-order valence-electron chi connectivity index (χ1n) is 10.1. The summed E-state index contributed by atoms with van der Waals surface area (Å²) in [6, 6.07) is 0. The Morgan fingerprint density at radius 2 is 1.81 bits per heavy atom. The van der Waals surface area contributed by atoms with Crippen LogP contribution in [-0.4, -0.2) is 48.2 Å². The van der Waals surface area contributed by atoms with Crippen LogP contribution in [0.4, 0.5) is 0 Å². The fraction of sp³-hybridized carbons (Fsp3) is 0.750. The Morgan fingerprint density at radius 3 is 2.52 bits per heavy atom. The van der Waals surface area contributed by atoms with Gasteiger partial charge < -0.3 is 20.5 Å². The standard InChI is InChI=1S/C20H32N2O5/c1-2-18(23)22-13-19(24)21-12-11-15-14(16-9-10-17(15)27-16)7-5-3-4-6-8-20(25)26/h3,5,14-17H,2,4,6-13H2,1H3,(H,21,24)(H,22,23)(H,25,26)/b5-3-/t14-,15+,16-,17+/m1/s1. The fourth-order valence-electron chi connectivity index (χ4n) is 4.08. The second-order valence-corrected chi connectivity index (χ2v) is 7.38. The van der Waals surface area contributed by atoms with Gasteiger partial charge in [0.2, 0.25) is 11.8 Å². The normalized spacial score (nSPS) is 26.4. The first-order valence-corrected chi connectivity index (χ1v) is 10.1. The molecule has 0 spiro atoms. The molecule has 0 saturated carbocycles. The third kappa shape index (κ3) is 6.97.